The first-order valence-electron chi connectivity index (χ1n) is 5.82. The highest BCUT2D eigenvalue weighted by Crippen LogP contribution is 2.34. The minimum atomic E-state index is -1.15. The second kappa shape index (κ2) is 5.28. The molecule has 104 valence electrons. The van der Waals surface area contributed by atoms with E-state index in [1.807, 2.05) is 0 Å². The van der Waals surface area contributed by atoms with E-state index in [1.54, 1.807) is 0 Å². The van der Waals surface area contributed by atoms with E-state index in [-0.39, 0.29) is 28.0 Å². The van der Waals surface area contributed by atoms with Crippen molar-refractivity contribution < 1.29 is 23.4 Å². The zero-order valence-electron chi connectivity index (χ0n) is 10.9. The summed E-state index contributed by atoms with van der Waals surface area (Å²) in [6.45, 7) is 1.45. The maximum absolute atomic E-state index is 14.0. The van der Waals surface area contributed by atoms with Crippen molar-refractivity contribution in [3.05, 3.63) is 53.1 Å². The van der Waals surface area contributed by atoms with Crippen LogP contribution in [-0.4, -0.2) is 18.2 Å². The van der Waals surface area contributed by atoms with Gasteiger partial charge in [0, 0.05) is 11.1 Å². The molecule has 0 unspecified atom stereocenters. The molecule has 0 heterocycles. The van der Waals surface area contributed by atoms with E-state index in [0.717, 1.165) is 0 Å². The summed E-state index contributed by atoms with van der Waals surface area (Å²) >= 11 is 0. The molecule has 0 saturated heterocycles. The summed E-state index contributed by atoms with van der Waals surface area (Å²) in [5, 5.41) is 8.98. The van der Waals surface area contributed by atoms with E-state index in [2.05, 4.69) is 0 Å². The second-order valence-electron chi connectivity index (χ2n) is 4.28. The first-order chi connectivity index (χ1) is 9.45. The smallest absolute Gasteiger partial charge is 0.335 e. The molecule has 0 aliphatic rings. The number of benzene rings is 2. The SMILES string of the molecule is COc1ccc(C(=O)O)cc1-c1ccc(C)c(F)c1F. The Balaban J connectivity index is 2.70. The number of ether oxygens (including phenoxy) is 1. The fourth-order valence-electron chi connectivity index (χ4n) is 1.91. The Morgan fingerprint density at radius 3 is 2.40 bits per heavy atom. The molecule has 0 fully saturated rings. The Morgan fingerprint density at radius 1 is 1.10 bits per heavy atom. The van der Waals surface area contributed by atoms with Gasteiger partial charge in [0.05, 0.1) is 12.7 Å². The lowest BCUT2D eigenvalue weighted by atomic mass is 9.99. The van der Waals surface area contributed by atoms with E-state index in [4.69, 9.17) is 9.84 Å². The van der Waals surface area contributed by atoms with Crippen molar-refractivity contribution in [2.75, 3.05) is 7.11 Å². The van der Waals surface area contributed by atoms with Gasteiger partial charge < -0.3 is 9.84 Å². The van der Waals surface area contributed by atoms with Crippen LogP contribution in [0.4, 0.5) is 8.78 Å². The number of carboxylic acids is 1. The number of hydrogen-bond acceptors (Lipinski definition) is 2. The number of methoxy groups -OCH3 is 1. The Hall–Kier alpha value is -2.43. The molecule has 2 rings (SSSR count). The topological polar surface area (TPSA) is 46.5 Å². The number of aryl methyl sites for hydroxylation is 1. The number of halogens is 2. The third-order valence-electron chi connectivity index (χ3n) is 3.01. The predicted octanol–water partition coefficient (Wildman–Crippen LogP) is 3.65. The summed E-state index contributed by atoms with van der Waals surface area (Å²) < 4.78 is 32.7. The van der Waals surface area contributed by atoms with Crippen LogP contribution in [0, 0.1) is 18.6 Å². The summed E-state index contributed by atoms with van der Waals surface area (Å²) in [7, 11) is 1.38. The molecule has 1 N–H and O–H groups in total. The second-order valence-corrected chi connectivity index (χ2v) is 4.28. The average Bonchev–Trinajstić information content (AvgIpc) is 2.44. The molecule has 0 spiro atoms. The number of aromatic carboxylic acids is 1. The van der Waals surface area contributed by atoms with Crippen LogP contribution in [0.1, 0.15) is 15.9 Å². The van der Waals surface area contributed by atoms with Crippen LogP contribution in [0.5, 0.6) is 5.75 Å². The summed E-state index contributed by atoms with van der Waals surface area (Å²) in [6.07, 6.45) is 0. The molecule has 2 aromatic carbocycles. The molecule has 0 amide bonds. The molecule has 5 heteroatoms. The fourth-order valence-corrected chi connectivity index (χ4v) is 1.91. The summed E-state index contributed by atoms with van der Waals surface area (Å²) in [5.41, 5.74) is 0.317. The van der Waals surface area contributed by atoms with Gasteiger partial charge in [0.1, 0.15) is 5.75 Å². The van der Waals surface area contributed by atoms with Crippen LogP contribution < -0.4 is 4.74 Å². The minimum absolute atomic E-state index is 0.0267. The van der Waals surface area contributed by atoms with Crippen molar-refractivity contribution in [1.82, 2.24) is 0 Å². The molecule has 3 nitrogen and oxygen atoms in total. The van der Waals surface area contributed by atoms with Crippen molar-refractivity contribution in [3.8, 4) is 16.9 Å². The van der Waals surface area contributed by atoms with Crippen molar-refractivity contribution in [3.63, 3.8) is 0 Å². The van der Waals surface area contributed by atoms with Crippen LogP contribution in [0.2, 0.25) is 0 Å². The zero-order valence-corrected chi connectivity index (χ0v) is 10.9. The Bertz CT molecular complexity index is 681. The maximum Gasteiger partial charge on any atom is 0.335 e. The molecule has 0 aromatic heterocycles. The molecule has 0 bridgehead atoms. The van der Waals surface area contributed by atoms with Crippen LogP contribution in [0.25, 0.3) is 11.1 Å². The molecule has 2 aromatic rings. The van der Waals surface area contributed by atoms with E-state index in [0.29, 0.717) is 0 Å². The van der Waals surface area contributed by atoms with Crippen LogP contribution in [-0.2, 0) is 0 Å². The molecule has 0 atom stereocenters. The zero-order chi connectivity index (χ0) is 14.9. The molecular formula is C15H12F2O3. The van der Waals surface area contributed by atoms with Crippen LogP contribution in [0.3, 0.4) is 0 Å². The van der Waals surface area contributed by atoms with Gasteiger partial charge in [-0.2, -0.15) is 0 Å². The lowest BCUT2D eigenvalue weighted by Crippen LogP contribution is -2.00. The summed E-state index contributed by atoms with van der Waals surface area (Å²) in [6, 6.07) is 6.84. The van der Waals surface area contributed by atoms with Crippen LogP contribution >= 0.6 is 0 Å². The first-order valence-corrected chi connectivity index (χ1v) is 5.82. The Labute approximate surface area is 114 Å². The van der Waals surface area contributed by atoms with E-state index in [9.17, 15) is 13.6 Å². The van der Waals surface area contributed by atoms with Gasteiger partial charge in [0.2, 0.25) is 0 Å². The highest BCUT2D eigenvalue weighted by molar-refractivity contribution is 5.90. The maximum atomic E-state index is 14.0. The number of carbonyl (C=O) groups is 1. The van der Waals surface area contributed by atoms with Gasteiger partial charge in [0.25, 0.3) is 0 Å². The van der Waals surface area contributed by atoms with Gasteiger partial charge in [-0.3, -0.25) is 0 Å². The average molecular weight is 278 g/mol. The van der Waals surface area contributed by atoms with E-state index < -0.39 is 17.6 Å². The van der Waals surface area contributed by atoms with Gasteiger partial charge in [-0.25, -0.2) is 13.6 Å². The van der Waals surface area contributed by atoms with Gasteiger partial charge in [-0.05, 0) is 30.7 Å². The highest BCUT2D eigenvalue weighted by atomic mass is 19.2. The monoisotopic (exact) mass is 278 g/mol. The fraction of sp³-hybridized carbons (Fsp3) is 0.133. The summed E-state index contributed by atoms with van der Waals surface area (Å²) in [5.74, 6) is -2.85. The minimum Gasteiger partial charge on any atom is -0.496 e. The molecule has 0 saturated carbocycles. The van der Waals surface area contributed by atoms with Crippen molar-refractivity contribution in [2.24, 2.45) is 0 Å². The number of rotatable bonds is 3. The molecule has 20 heavy (non-hydrogen) atoms. The predicted molar refractivity (Wildman–Crippen MR) is 70.0 cm³/mol. The van der Waals surface area contributed by atoms with Crippen LogP contribution in [0.15, 0.2) is 30.3 Å². The van der Waals surface area contributed by atoms with Gasteiger partial charge in [-0.1, -0.05) is 12.1 Å². The van der Waals surface area contributed by atoms with Crippen molar-refractivity contribution in [2.45, 2.75) is 6.92 Å². The van der Waals surface area contributed by atoms with Crippen molar-refractivity contribution >= 4 is 5.97 Å². The third-order valence-corrected chi connectivity index (χ3v) is 3.01. The number of hydrogen-bond donors (Lipinski definition) is 1. The first kappa shape index (κ1) is 14.0. The number of carboxylic acid groups (broad SMARTS) is 1. The Kier molecular flexibility index (Phi) is 3.70. The third kappa shape index (κ3) is 2.34. The molecular weight excluding hydrogens is 266 g/mol. The molecule has 0 aliphatic heterocycles. The normalized spacial score (nSPS) is 10.4. The van der Waals surface area contributed by atoms with Gasteiger partial charge in [-0.15, -0.1) is 0 Å². The van der Waals surface area contributed by atoms with Gasteiger partial charge in [0.15, 0.2) is 11.6 Å². The largest absolute Gasteiger partial charge is 0.496 e. The van der Waals surface area contributed by atoms with E-state index in [1.165, 1.54) is 44.4 Å². The van der Waals surface area contributed by atoms with E-state index >= 15 is 0 Å². The quantitative estimate of drug-likeness (QED) is 0.932. The summed E-state index contributed by atoms with van der Waals surface area (Å²) in [4.78, 5) is 11.0. The standard InChI is InChI=1S/C15H12F2O3/c1-8-3-5-10(14(17)13(8)16)11-7-9(15(18)19)4-6-12(11)20-2/h3-7H,1-2H3,(H,18,19). The highest BCUT2D eigenvalue weighted by Gasteiger charge is 2.17. The molecule has 0 aliphatic carbocycles. The van der Waals surface area contributed by atoms with Crippen molar-refractivity contribution in [1.29, 1.82) is 0 Å². The Morgan fingerprint density at radius 2 is 1.80 bits per heavy atom. The lowest BCUT2D eigenvalue weighted by molar-refractivity contribution is 0.0697. The molecule has 0 radical (unpaired) electrons. The lowest BCUT2D eigenvalue weighted by Gasteiger charge is -2.11. The van der Waals surface area contributed by atoms with Gasteiger partial charge >= 0.3 is 5.97 Å².